The molecule has 0 N–H and O–H groups in total. The molecule has 114 valence electrons. The van der Waals surface area contributed by atoms with Crippen molar-refractivity contribution >= 4 is 5.91 Å². The van der Waals surface area contributed by atoms with E-state index in [2.05, 4.69) is 21.9 Å². The highest BCUT2D eigenvalue weighted by molar-refractivity contribution is 5.92. The highest BCUT2D eigenvalue weighted by atomic mass is 16.2. The Morgan fingerprint density at radius 2 is 2.05 bits per heavy atom. The number of amides is 1. The van der Waals surface area contributed by atoms with Gasteiger partial charge in [0.05, 0.1) is 0 Å². The molecule has 2 aromatic rings. The molecule has 0 saturated heterocycles. The molecule has 5 nitrogen and oxygen atoms in total. The Balaban J connectivity index is 1.81. The van der Waals surface area contributed by atoms with E-state index in [1.165, 1.54) is 5.56 Å². The summed E-state index contributed by atoms with van der Waals surface area (Å²) in [5.41, 5.74) is 4.79. The van der Waals surface area contributed by atoms with E-state index in [9.17, 15) is 4.79 Å². The maximum absolute atomic E-state index is 12.6. The summed E-state index contributed by atoms with van der Waals surface area (Å²) in [4.78, 5) is 27.6. The molecule has 0 bridgehead atoms. The normalized spacial score (nSPS) is 14.4. The third-order valence-corrected chi connectivity index (χ3v) is 4.10. The van der Waals surface area contributed by atoms with Crippen LogP contribution in [0, 0.1) is 6.92 Å². The SMILES string of the molecule is CCc1ncnc2c1CCN(C(=O)c1cccc(C)n1)CC2. The van der Waals surface area contributed by atoms with Crippen molar-refractivity contribution in [1.29, 1.82) is 0 Å². The molecule has 0 atom stereocenters. The van der Waals surface area contributed by atoms with Crippen LogP contribution in [0.1, 0.15) is 40.1 Å². The van der Waals surface area contributed by atoms with Crippen LogP contribution in [0.2, 0.25) is 0 Å². The zero-order valence-corrected chi connectivity index (χ0v) is 13.0. The van der Waals surface area contributed by atoms with Crippen LogP contribution in [0.5, 0.6) is 0 Å². The largest absolute Gasteiger partial charge is 0.337 e. The minimum Gasteiger partial charge on any atom is -0.337 e. The number of nitrogens with zero attached hydrogens (tertiary/aromatic N) is 4. The lowest BCUT2D eigenvalue weighted by atomic mass is 10.1. The topological polar surface area (TPSA) is 59.0 Å². The fourth-order valence-electron chi connectivity index (χ4n) is 2.93. The van der Waals surface area contributed by atoms with Crippen LogP contribution >= 0.6 is 0 Å². The zero-order valence-electron chi connectivity index (χ0n) is 13.0. The third-order valence-electron chi connectivity index (χ3n) is 4.10. The number of hydrogen-bond acceptors (Lipinski definition) is 4. The van der Waals surface area contributed by atoms with Gasteiger partial charge in [0, 0.05) is 36.6 Å². The Kier molecular flexibility index (Phi) is 4.13. The lowest BCUT2D eigenvalue weighted by Crippen LogP contribution is -2.34. The van der Waals surface area contributed by atoms with Gasteiger partial charge in [-0.3, -0.25) is 4.79 Å². The van der Waals surface area contributed by atoms with E-state index < -0.39 is 0 Å². The predicted octanol–water partition coefficient (Wildman–Crippen LogP) is 1.98. The second kappa shape index (κ2) is 6.22. The van der Waals surface area contributed by atoms with Crippen molar-refractivity contribution in [2.45, 2.75) is 33.1 Å². The van der Waals surface area contributed by atoms with Crippen LogP contribution in [0.3, 0.4) is 0 Å². The molecule has 0 spiro atoms. The molecule has 0 unspecified atom stereocenters. The van der Waals surface area contributed by atoms with Gasteiger partial charge in [0.15, 0.2) is 0 Å². The molecular weight excluding hydrogens is 276 g/mol. The smallest absolute Gasteiger partial charge is 0.272 e. The Morgan fingerprint density at radius 3 is 2.82 bits per heavy atom. The Bertz CT molecular complexity index is 699. The predicted molar refractivity (Wildman–Crippen MR) is 83.7 cm³/mol. The molecular formula is C17H20N4O. The second-order valence-corrected chi connectivity index (χ2v) is 5.56. The van der Waals surface area contributed by atoms with Crippen molar-refractivity contribution in [3.63, 3.8) is 0 Å². The summed E-state index contributed by atoms with van der Waals surface area (Å²) in [7, 11) is 0. The standard InChI is InChI=1S/C17H20N4O/c1-3-14-13-7-9-21(10-8-15(13)19-11-18-14)17(22)16-6-4-5-12(2)20-16/h4-6,11H,3,7-10H2,1-2H3. The molecule has 3 rings (SSSR count). The molecule has 1 amide bonds. The molecule has 0 fully saturated rings. The number of hydrogen-bond donors (Lipinski definition) is 0. The number of pyridine rings is 1. The van der Waals surface area contributed by atoms with Crippen LogP contribution in [0.15, 0.2) is 24.5 Å². The van der Waals surface area contributed by atoms with Crippen molar-refractivity contribution in [3.05, 3.63) is 52.9 Å². The zero-order chi connectivity index (χ0) is 15.5. The van der Waals surface area contributed by atoms with Gasteiger partial charge in [0.1, 0.15) is 12.0 Å². The fraction of sp³-hybridized carbons (Fsp3) is 0.412. The lowest BCUT2D eigenvalue weighted by Gasteiger charge is -2.19. The molecule has 0 aliphatic carbocycles. The van der Waals surface area contributed by atoms with Crippen molar-refractivity contribution in [2.24, 2.45) is 0 Å². The second-order valence-electron chi connectivity index (χ2n) is 5.56. The number of rotatable bonds is 2. The van der Waals surface area contributed by atoms with Gasteiger partial charge in [-0.25, -0.2) is 15.0 Å². The molecule has 0 saturated carbocycles. The monoisotopic (exact) mass is 296 g/mol. The fourth-order valence-corrected chi connectivity index (χ4v) is 2.93. The summed E-state index contributed by atoms with van der Waals surface area (Å²) >= 11 is 0. The van der Waals surface area contributed by atoms with Crippen LogP contribution < -0.4 is 0 Å². The van der Waals surface area contributed by atoms with Gasteiger partial charge >= 0.3 is 0 Å². The van der Waals surface area contributed by atoms with E-state index in [0.717, 1.165) is 36.3 Å². The van der Waals surface area contributed by atoms with E-state index in [-0.39, 0.29) is 5.91 Å². The first-order valence-corrected chi connectivity index (χ1v) is 7.73. The van der Waals surface area contributed by atoms with E-state index >= 15 is 0 Å². The van der Waals surface area contributed by atoms with Crippen molar-refractivity contribution in [1.82, 2.24) is 19.9 Å². The number of fused-ring (bicyclic) bond motifs is 1. The van der Waals surface area contributed by atoms with Crippen LogP contribution in [-0.4, -0.2) is 38.8 Å². The highest BCUT2D eigenvalue weighted by Crippen LogP contribution is 2.18. The van der Waals surface area contributed by atoms with Gasteiger partial charge in [-0.2, -0.15) is 0 Å². The summed E-state index contributed by atoms with van der Waals surface area (Å²) in [6.07, 6.45) is 4.13. The number of aromatic nitrogens is 3. The maximum atomic E-state index is 12.6. The highest BCUT2D eigenvalue weighted by Gasteiger charge is 2.22. The van der Waals surface area contributed by atoms with Crippen LogP contribution in [0.4, 0.5) is 0 Å². The molecule has 1 aliphatic heterocycles. The number of aryl methyl sites for hydroxylation is 2. The van der Waals surface area contributed by atoms with Crippen molar-refractivity contribution in [2.75, 3.05) is 13.1 Å². The summed E-state index contributed by atoms with van der Waals surface area (Å²) in [5, 5.41) is 0. The molecule has 0 aromatic carbocycles. The maximum Gasteiger partial charge on any atom is 0.272 e. The quantitative estimate of drug-likeness (QED) is 0.850. The number of carbonyl (C=O) groups is 1. The summed E-state index contributed by atoms with van der Waals surface area (Å²) in [6.45, 7) is 5.38. The van der Waals surface area contributed by atoms with E-state index in [4.69, 9.17) is 0 Å². The van der Waals surface area contributed by atoms with Gasteiger partial charge in [-0.1, -0.05) is 13.0 Å². The molecule has 0 radical (unpaired) electrons. The van der Waals surface area contributed by atoms with Gasteiger partial charge in [-0.05, 0) is 37.5 Å². The minimum atomic E-state index is 0.00233. The van der Waals surface area contributed by atoms with E-state index in [1.54, 1.807) is 12.4 Å². The van der Waals surface area contributed by atoms with Gasteiger partial charge in [0.2, 0.25) is 0 Å². The average molecular weight is 296 g/mol. The molecule has 22 heavy (non-hydrogen) atoms. The minimum absolute atomic E-state index is 0.00233. The van der Waals surface area contributed by atoms with E-state index in [0.29, 0.717) is 18.8 Å². The average Bonchev–Trinajstić information content (AvgIpc) is 2.76. The number of carbonyl (C=O) groups excluding carboxylic acids is 1. The molecule has 1 aliphatic rings. The molecule has 5 heteroatoms. The Labute approximate surface area is 130 Å². The van der Waals surface area contributed by atoms with Crippen molar-refractivity contribution in [3.8, 4) is 0 Å². The summed E-state index contributed by atoms with van der Waals surface area (Å²) in [5.74, 6) is 0.00233. The first kappa shape index (κ1) is 14.6. The van der Waals surface area contributed by atoms with Gasteiger partial charge in [0.25, 0.3) is 5.91 Å². The van der Waals surface area contributed by atoms with Crippen LogP contribution in [0.25, 0.3) is 0 Å². The van der Waals surface area contributed by atoms with Gasteiger partial charge in [-0.15, -0.1) is 0 Å². The van der Waals surface area contributed by atoms with Crippen molar-refractivity contribution < 1.29 is 4.79 Å². The van der Waals surface area contributed by atoms with Gasteiger partial charge < -0.3 is 4.90 Å². The Hall–Kier alpha value is -2.30. The summed E-state index contributed by atoms with van der Waals surface area (Å²) in [6, 6.07) is 5.56. The first-order valence-electron chi connectivity index (χ1n) is 7.73. The lowest BCUT2D eigenvalue weighted by molar-refractivity contribution is 0.0757. The third kappa shape index (κ3) is 2.84. The molecule has 3 heterocycles. The Morgan fingerprint density at radius 1 is 1.23 bits per heavy atom. The first-order chi connectivity index (χ1) is 10.7. The molecule has 2 aromatic heterocycles. The van der Waals surface area contributed by atoms with E-state index in [1.807, 2.05) is 24.0 Å². The summed E-state index contributed by atoms with van der Waals surface area (Å²) < 4.78 is 0. The van der Waals surface area contributed by atoms with Crippen LogP contribution in [-0.2, 0) is 19.3 Å².